The molecule has 0 unspecified atom stereocenters. The SMILES string of the molecule is CC(=O)c1cnc(-c2c(C)noc2C)[nH]1. The molecule has 0 aromatic carbocycles. The zero-order chi connectivity index (χ0) is 11.0. The average Bonchev–Trinajstić information content (AvgIpc) is 2.73. The Morgan fingerprint density at radius 2 is 2.20 bits per heavy atom. The van der Waals surface area contributed by atoms with Gasteiger partial charge in [-0.25, -0.2) is 4.98 Å². The van der Waals surface area contributed by atoms with Crippen LogP contribution in [0.2, 0.25) is 0 Å². The normalized spacial score (nSPS) is 10.6. The largest absolute Gasteiger partial charge is 0.361 e. The van der Waals surface area contributed by atoms with E-state index in [2.05, 4.69) is 15.1 Å². The summed E-state index contributed by atoms with van der Waals surface area (Å²) in [7, 11) is 0. The van der Waals surface area contributed by atoms with E-state index in [4.69, 9.17) is 4.52 Å². The Bertz CT molecular complexity index is 491. The van der Waals surface area contributed by atoms with Crippen molar-refractivity contribution < 1.29 is 9.32 Å². The fourth-order valence-corrected chi connectivity index (χ4v) is 1.45. The highest BCUT2D eigenvalue weighted by molar-refractivity contribution is 5.92. The van der Waals surface area contributed by atoms with Crippen molar-refractivity contribution in [2.45, 2.75) is 20.8 Å². The maximum Gasteiger partial charge on any atom is 0.177 e. The molecule has 78 valence electrons. The van der Waals surface area contributed by atoms with E-state index < -0.39 is 0 Å². The second-order valence-corrected chi connectivity index (χ2v) is 3.40. The molecule has 2 aromatic rings. The van der Waals surface area contributed by atoms with Crippen molar-refractivity contribution in [3.63, 3.8) is 0 Å². The van der Waals surface area contributed by atoms with Crippen LogP contribution in [-0.4, -0.2) is 20.9 Å². The lowest BCUT2D eigenvalue weighted by molar-refractivity contribution is 0.101. The van der Waals surface area contributed by atoms with Gasteiger partial charge in [0.15, 0.2) is 5.78 Å². The van der Waals surface area contributed by atoms with Gasteiger partial charge in [0.25, 0.3) is 0 Å². The zero-order valence-corrected chi connectivity index (χ0v) is 8.79. The topological polar surface area (TPSA) is 71.8 Å². The van der Waals surface area contributed by atoms with Crippen LogP contribution in [0.1, 0.15) is 28.9 Å². The molecule has 5 nitrogen and oxygen atoms in total. The highest BCUT2D eigenvalue weighted by atomic mass is 16.5. The molecule has 5 heteroatoms. The van der Waals surface area contributed by atoms with Crippen molar-refractivity contribution >= 4 is 5.78 Å². The van der Waals surface area contributed by atoms with Gasteiger partial charge in [0, 0.05) is 6.92 Å². The first-order valence-corrected chi connectivity index (χ1v) is 4.58. The summed E-state index contributed by atoms with van der Waals surface area (Å²) in [5, 5.41) is 3.83. The number of aromatic nitrogens is 3. The van der Waals surface area contributed by atoms with Crippen LogP contribution in [0, 0.1) is 13.8 Å². The molecule has 2 heterocycles. The van der Waals surface area contributed by atoms with Gasteiger partial charge in [0.1, 0.15) is 17.3 Å². The maximum atomic E-state index is 11.1. The molecule has 15 heavy (non-hydrogen) atoms. The zero-order valence-electron chi connectivity index (χ0n) is 8.79. The summed E-state index contributed by atoms with van der Waals surface area (Å²) >= 11 is 0. The fraction of sp³-hybridized carbons (Fsp3) is 0.300. The Kier molecular flexibility index (Phi) is 2.15. The molecule has 0 amide bonds. The highest BCUT2D eigenvalue weighted by Gasteiger charge is 2.15. The summed E-state index contributed by atoms with van der Waals surface area (Å²) in [4.78, 5) is 18.1. The molecule has 0 saturated carbocycles. The van der Waals surface area contributed by atoms with Crippen LogP contribution in [0.3, 0.4) is 0 Å². The molecule has 2 rings (SSSR count). The summed E-state index contributed by atoms with van der Waals surface area (Å²) in [6.45, 7) is 5.14. The van der Waals surface area contributed by atoms with Gasteiger partial charge in [-0.05, 0) is 13.8 Å². The molecule has 0 aliphatic heterocycles. The minimum Gasteiger partial charge on any atom is -0.361 e. The first kappa shape index (κ1) is 9.64. The van der Waals surface area contributed by atoms with Gasteiger partial charge in [0.05, 0.1) is 17.5 Å². The Labute approximate surface area is 86.5 Å². The second kappa shape index (κ2) is 3.34. The molecule has 0 aliphatic rings. The average molecular weight is 205 g/mol. The number of nitrogens with zero attached hydrogens (tertiary/aromatic N) is 2. The van der Waals surface area contributed by atoms with Gasteiger partial charge in [-0.3, -0.25) is 4.79 Å². The number of hydrogen-bond acceptors (Lipinski definition) is 4. The van der Waals surface area contributed by atoms with E-state index in [1.165, 1.54) is 13.1 Å². The van der Waals surface area contributed by atoms with E-state index >= 15 is 0 Å². The van der Waals surface area contributed by atoms with Crippen LogP contribution in [-0.2, 0) is 0 Å². The van der Waals surface area contributed by atoms with E-state index in [1.807, 2.05) is 13.8 Å². The summed E-state index contributed by atoms with van der Waals surface area (Å²) in [5.41, 5.74) is 2.07. The van der Waals surface area contributed by atoms with Crippen LogP contribution in [0.15, 0.2) is 10.7 Å². The number of carbonyl (C=O) groups excluding carboxylic acids is 1. The number of hydrogen-bond donors (Lipinski definition) is 1. The molecule has 1 N–H and O–H groups in total. The van der Waals surface area contributed by atoms with E-state index in [0.29, 0.717) is 17.3 Å². The molecule has 0 atom stereocenters. The third-order valence-corrected chi connectivity index (χ3v) is 2.23. The van der Waals surface area contributed by atoms with E-state index in [9.17, 15) is 4.79 Å². The van der Waals surface area contributed by atoms with E-state index in [-0.39, 0.29) is 5.78 Å². The van der Waals surface area contributed by atoms with Crippen molar-refractivity contribution in [3.8, 4) is 11.4 Å². The van der Waals surface area contributed by atoms with Gasteiger partial charge in [0.2, 0.25) is 0 Å². The second-order valence-electron chi connectivity index (χ2n) is 3.40. The molecule has 0 spiro atoms. The van der Waals surface area contributed by atoms with Crippen molar-refractivity contribution in [1.82, 2.24) is 15.1 Å². The van der Waals surface area contributed by atoms with Crippen LogP contribution in [0.4, 0.5) is 0 Å². The van der Waals surface area contributed by atoms with Gasteiger partial charge >= 0.3 is 0 Å². The minimum absolute atomic E-state index is 0.0412. The number of nitrogens with one attached hydrogen (secondary N) is 1. The number of aryl methyl sites for hydroxylation is 2. The molecular weight excluding hydrogens is 194 g/mol. The molecule has 0 saturated heterocycles. The maximum absolute atomic E-state index is 11.1. The van der Waals surface area contributed by atoms with Crippen molar-refractivity contribution in [1.29, 1.82) is 0 Å². The van der Waals surface area contributed by atoms with Gasteiger partial charge in [-0.15, -0.1) is 0 Å². The quantitative estimate of drug-likeness (QED) is 0.760. The van der Waals surface area contributed by atoms with Crippen molar-refractivity contribution in [3.05, 3.63) is 23.3 Å². The predicted octanol–water partition coefficient (Wildman–Crippen LogP) is 1.88. The lowest BCUT2D eigenvalue weighted by atomic mass is 10.2. The van der Waals surface area contributed by atoms with Gasteiger partial charge in [-0.1, -0.05) is 5.16 Å². The van der Waals surface area contributed by atoms with Crippen LogP contribution >= 0.6 is 0 Å². The predicted molar refractivity (Wildman–Crippen MR) is 53.6 cm³/mol. The van der Waals surface area contributed by atoms with Crippen LogP contribution in [0.25, 0.3) is 11.4 Å². The first-order valence-electron chi connectivity index (χ1n) is 4.58. The third-order valence-electron chi connectivity index (χ3n) is 2.23. The lowest BCUT2D eigenvalue weighted by Gasteiger charge is -1.93. The third kappa shape index (κ3) is 1.56. The minimum atomic E-state index is -0.0412. The highest BCUT2D eigenvalue weighted by Crippen LogP contribution is 2.23. The molecule has 0 bridgehead atoms. The van der Waals surface area contributed by atoms with E-state index in [1.54, 1.807) is 0 Å². The van der Waals surface area contributed by atoms with Gasteiger partial charge in [-0.2, -0.15) is 0 Å². The molecule has 2 aromatic heterocycles. The molecule has 0 aliphatic carbocycles. The van der Waals surface area contributed by atoms with Crippen molar-refractivity contribution in [2.75, 3.05) is 0 Å². The fourth-order valence-electron chi connectivity index (χ4n) is 1.45. The van der Waals surface area contributed by atoms with E-state index in [0.717, 1.165) is 11.3 Å². The Hall–Kier alpha value is -1.91. The van der Waals surface area contributed by atoms with Crippen LogP contribution < -0.4 is 0 Å². The van der Waals surface area contributed by atoms with Gasteiger partial charge < -0.3 is 9.51 Å². The molecular formula is C10H11N3O2. The smallest absolute Gasteiger partial charge is 0.177 e. The number of carbonyl (C=O) groups is 1. The Morgan fingerprint density at radius 3 is 2.67 bits per heavy atom. The standard InChI is InChI=1S/C10H11N3O2/c1-5-9(7(3)15-13-5)10-11-4-8(12-10)6(2)14/h4H,1-3H3,(H,11,12). The molecule has 0 fully saturated rings. The number of ketones is 1. The Morgan fingerprint density at radius 1 is 1.47 bits per heavy atom. The summed E-state index contributed by atoms with van der Waals surface area (Å²) < 4.78 is 5.02. The summed E-state index contributed by atoms with van der Waals surface area (Å²) in [5.74, 6) is 1.27. The first-order chi connectivity index (χ1) is 7.09. The lowest BCUT2D eigenvalue weighted by Crippen LogP contribution is -1.91. The monoisotopic (exact) mass is 205 g/mol. The number of rotatable bonds is 2. The molecule has 0 radical (unpaired) electrons. The Balaban J connectivity index is 2.50. The number of aromatic amines is 1. The number of imidazole rings is 1. The number of H-pyrrole nitrogens is 1. The summed E-state index contributed by atoms with van der Waals surface area (Å²) in [6, 6.07) is 0. The summed E-state index contributed by atoms with van der Waals surface area (Å²) in [6.07, 6.45) is 1.52. The van der Waals surface area contributed by atoms with Crippen LogP contribution in [0.5, 0.6) is 0 Å². The number of Topliss-reactive ketones (excluding diaryl/α,β-unsaturated/α-hetero) is 1. The van der Waals surface area contributed by atoms with Crippen molar-refractivity contribution in [2.24, 2.45) is 0 Å².